The third-order valence-corrected chi connectivity index (χ3v) is 4.31. The van der Waals surface area contributed by atoms with Gasteiger partial charge in [-0.1, -0.05) is 29.8 Å². The standard InChI is InChI=1S/C17H26N2O/c1-13-6-8-16(9-7-13)17(20)14(2)19-10-4-5-15(12-19)11-18-3/h6-9,14-15,18H,4-5,10-12H2,1-3H3. The van der Waals surface area contributed by atoms with E-state index in [0.29, 0.717) is 5.92 Å². The average Bonchev–Trinajstić information content (AvgIpc) is 2.47. The predicted octanol–water partition coefficient (Wildman–Crippen LogP) is 2.50. The van der Waals surface area contributed by atoms with Crippen molar-refractivity contribution in [3.8, 4) is 0 Å². The normalized spacial score (nSPS) is 21.6. The number of likely N-dealkylation sites (tertiary alicyclic amines) is 1. The third-order valence-electron chi connectivity index (χ3n) is 4.31. The van der Waals surface area contributed by atoms with Crippen LogP contribution in [0, 0.1) is 12.8 Å². The van der Waals surface area contributed by atoms with E-state index in [1.807, 2.05) is 45.2 Å². The van der Waals surface area contributed by atoms with Gasteiger partial charge in [0.15, 0.2) is 5.78 Å². The van der Waals surface area contributed by atoms with Gasteiger partial charge in [0, 0.05) is 12.1 Å². The molecule has 110 valence electrons. The van der Waals surface area contributed by atoms with Gasteiger partial charge in [-0.2, -0.15) is 0 Å². The van der Waals surface area contributed by atoms with Crippen LogP contribution >= 0.6 is 0 Å². The van der Waals surface area contributed by atoms with Gasteiger partial charge >= 0.3 is 0 Å². The molecule has 3 heteroatoms. The minimum absolute atomic E-state index is 0.0163. The van der Waals surface area contributed by atoms with Gasteiger partial charge in [0.25, 0.3) is 0 Å². The summed E-state index contributed by atoms with van der Waals surface area (Å²) in [5.41, 5.74) is 2.03. The monoisotopic (exact) mass is 274 g/mol. The van der Waals surface area contributed by atoms with Crippen LogP contribution in [0.3, 0.4) is 0 Å². The Kier molecular flexibility index (Phi) is 5.32. The lowest BCUT2D eigenvalue weighted by Crippen LogP contribution is -2.46. The van der Waals surface area contributed by atoms with E-state index < -0.39 is 0 Å². The summed E-state index contributed by atoms with van der Waals surface area (Å²) in [5.74, 6) is 0.914. The smallest absolute Gasteiger partial charge is 0.179 e. The molecule has 0 radical (unpaired) electrons. The molecule has 2 rings (SSSR count). The van der Waals surface area contributed by atoms with Gasteiger partial charge in [0.2, 0.25) is 0 Å². The van der Waals surface area contributed by atoms with Crippen LogP contribution in [0.25, 0.3) is 0 Å². The van der Waals surface area contributed by atoms with Crippen molar-refractivity contribution in [3.63, 3.8) is 0 Å². The van der Waals surface area contributed by atoms with Crippen molar-refractivity contribution in [2.45, 2.75) is 32.7 Å². The zero-order valence-electron chi connectivity index (χ0n) is 12.9. The lowest BCUT2D eigenvalue weighted by Gasteiger charge is -2.36. The fraction of sp³-hybridized carbons (Fsp3) is 0.588. The molecule has 1 heterocycles. The van der Waals surface area contributed by atoms with Gasteiger partial charge < -0.3 is 5.32 Å². The van der Waals surface area contributed by atoms with Crippen LogP contribution in [0.15, 0.2) is 24.3 Å². The lowest BCUT2D eigenvalue weighted by atomic mass is 9.94. The van der Waals surface area contributed by atoms with Crippen molar-refractivity contribution in [2.75, 3.05) is 26.7 Å². The number of nitrogens with zero attached hydrogens (tertiary/aromatic N) is 1. The molecular weight excluding hydrogens is 248 g/mol. The van der Waals surface area contributed by atoms with E-state index in [-0.39, 0.29) is 11.8 Å². The zero-order valence-corrected chi connectivity index (χ0v) is 12.9. The van der Waals surface area contributed by atoms with Crippen molar-refractivity contribution < 1.29 is 4.79 Å². The number of nitrogens with one attached hydrogen (secondary N) is 1. The molecule has 0 saturated carbocycles. The molecule has 3 nitrogen and oxygen atoms in total. The molecule has 1 aliphatic heterocycles. The molecule has 0 aromatic heterocycles. The number of hydrogen-bond donors (Lipinski definition) is 1. The Bertz CT molecular complexity index is 439. The molecule has 1 aromatic carbocycles. The third kappa shape index (κ3) is 3.68. The maximum atomic E-state index is 12.6. The van der Waals surface area contributed by atoms with Crippen LogP contribution in [0.5, 0.6) is 0 Å². The molecule has 1 N–H and O–H groups in total. The Morgan fingerprint density at radius 2 is 2.10 bits per heavy atom. The van der Waals surface area contributed by atoms with Crippen LogP contribution in [-0.4, -0.2) is 43.4 Å². The fourth-order valence-electron chi connectivity index (χ4n) is 3.03. The van der Waals surface area contributed by atoms with Crippen molar-refractivity contribution in [2.24, 2.45) is 5.92 Å². The Labute approximate surface area is 122 Å². The van der Waals surface area contributed by atoms with E-state index in [1.165, 1.54) is 18.4 Å². The van der Waals surface area contributed by atoms with Crippen LogP contribution in [0.4, 0.5) is 0 Å². The van der Waals surface area contributed by atoms with E-state index >= 15 is 0 Å². The molecule has 0 spiro atoms. The van der Waals surface area contributed by atoms with Crippen molar-refractivity contribution in [1.82, 2.24) is 10.2 Å². The van der Waals surface area contributed by atoms with Gasteiger partial charge in [-0.3, -0.25) is 9.69 Å². The number of Topliss-reactive ketones (excluding diaryl/α,β-unsaturated/α-hetero) is 1. The first-order valence-corrected chi connectivity index (χ1v) is 7.61. The first-order valence-electron chi connectivity index (χ1n) is 7.61. The Hall–Kier alpha value is -1.19. The van der Waals surface area contributed by atoms with E-state index in [9.17, 15) is 4.79 Å². The molecule has 0 amide bonds. The van der Waals surface area contributed by atoms with Crippen molar-refractivity contribution in [3.05, 3.63) is 35.4 Å². The summed E-state index contributed by atoms with van der Waals surface area (Å²) in [6.45, 7) is 7.20. The van der Waals surface area contributed by atoms with E-state index in [0.717, 1.165) is 25.2 Å². The van der Waals surface area contributed by atoms with Gasteiger partial charge in [0.1, 0.15) is 0 Å². The minimum atomic E-state index is -0.0163. The van der Waals surface area contributed by atoms with Gasteiger partial charge in [-0.15, -0.1) is 0 Å². The Balaban J connectivity index is 2.00. The molecule has 0 aliphatic carbocycles. The second kappa shape index (κ2) is 7.00. The highest BCUT2D eigenvalue weighted by atomic mass is 16.1. The van der Waals surface area contributed by atoms with Crippen molar-refractivity contribution in [1.29, 1.82) is 0 Å². The van der Waals surface area contributed by atoms with Gasteiger partial charge in [0.05, 0.1) is 6.04 Å². The quantitative estimate of drug-likeness (QED) is 0.837. The first-order chi connectivity index (χ1) is 9.61. The highest BCUT2D eigenvalue weighted by molar-refractivity contribution is 5.99. The highest BCUT2D eigenvalue weighted by Gasteiger charge is 2.27. The summed E-state index contributed by atoms with van der Waals surface area (Å²) in [5, 5.41) is 3.25. The maximum Gasteiger partial charge on any atom is 0.179 e. The largest absolute Gasteiger partial charge is 0.319 e. The summed E-state index contributed by atoms with van der Waals surface area (Å²) in [6, 6.07) is 7.91. The summed E-state index contributed by atoms with van der Waals surface area (Å²) in [7, 11) is 2.00. The molecule has 2 atom stereocenters. The summed E-state index contributed by atoms with van der Waals surface area (Å²) in [6.07, 6.45) is 2.46. The van der Waals surface area contributed by atoms with Gasteiger partial charge in [-0.05, 0) is 52.7 Å². The predicted molar refractivity (Wildman–Crippen MR) is 83.2 cm³/mol. The highest BCUT2D eigenvalue weighted by Crippen LogP contribution is 2.20. The van der Waals surface area contributed by atoms with E-state index in [1.54, 1.807) is 0 Å². The molecule has 20 heavy (non-hydrogen) atoms. The number of aryl methyl sites for hydroxylation is 1. The molecule has 2 unspecified atom stereocenters. The SMILES string of the molecule is CNCC1CCCN(C(C)C(=O)c2ccc(C)cc2)C1. The first kappa shape index (κ1) is 15.2. The molecule has 1 aromatic rings. The molecule has 0 bridgehead atoms. The molecule has 1 fully saturated rings. The number of rotatable bonds is 5. The van der Waals surface area contributed by atoms with E-state index in [4.69, 9.17) is 0 Å². The average molecular weight is 274 g/mol. The van der Waals surface area contributed by atoms with Crippen LogP contribution in [0.1, 0.15) is 35.7 Å². The van der Waals surface area contributed by atoms with Crippen LogP contribution in [0.2, 0.25) is 0 Å². The fourth-order valence-corrected chi connectivity index (χ4v) is 3.03. The molecule has 1 saturated heterocycles. The Morgan fingerprint density at radius 1 is 1.40 bits per heavy atom. The summed E-state index contributed by atoms with van der Waals surface area (Å²) < 4.78 is 0. The summed E-state index contributed by atoms with van der Waals surface area (Å²) >= 11 is 0. The maximum absolute atomic E-state index is 12.6. The number of piperidine rings is 1. The minimum Gasteiger partial charge on any atom is -0.319 e. The number of carbonyl (C=O) groups is 1. The molecular formula is C17H26N2O. The van der Waals surface area contributed by atoms with Crippen LogP contribution in [-0.2, 0) is 0 Å². The number of benzene rings is 1. The second-order valence-corrected chi connectivity index (χ2v) is 5.97. The summed E-state index contributed by atoms with van der Waals surface area (Å²) in [4.78, 5) is 14.9. The lowest BCUT2D eigenvalue weighted by molar-refractivity contribution is 0.0753. The number of carbonyl (C=O) groups excluding carboxylic acids is 1. The van der Waals surface area contributed by atoms with Gasteiger partial charge in [-0.25, -0.2) is 0 Å². The topological polar surface area (TPSA) is 32.3 Å². The zero-order chi connectivity index (χ0) is 14.5. The number of hydrogen-bond acceptors (Lipinski definition) is 3. The van der Waals surface area contributed by atoms with Crippen molar-refractivity contribution >= 4 is 5.78 Å². The molecule has 1 aliphatic rings. The van der Waals surface area contributed by atoms with E-state index in [2.05, 4.69) is 10.2 Å². The Morgan fingerprint density at radius 3 is 2.75 bits per heavy atom. The second-order valence-electron chi connectivity index (χ2n) is 5.97. The van der Waals surface area contributed by atoms with Crippen LogP contribution < -0.4 is 5.32 Å². The number of ketones is 1.